The smallest absolute Gasteiger partial charge is 0.409 e. The van der Waals surface area contributed by atoms with Gasteiger partial charge in [0.15, 0.2) is 0 Å². The molecule has 0 atom stereocenters. The van der Waals surface area contributed by atoms with Crippen molar-refractivity contribution in [2.24, 2.45) is 0 Å². The topological polar surface area (TPSA) is 93.2 Å². The molecule has 8 nitrogen and oxygen atoms in total. The van der Waals surface area contributed by atoms with E-state index in [1.807, 2.05) is 0 Å². The Labute approximate surface area is 131 Å². The number of nitrogens with zero attached hydrogens (tertiary/aromatic N) is 2. The van der Waals surface area contributed by atoms with Crippen molar-refractivity contribution < 1.29 is 28.8 Å². The molecule has 8 heteroatoms. The third-order valence-corrected chi connectivity index (χ3v) is 3.60. The van der Waals surface area contributed by atoms with E-state index in [2.05, 4.69) is 0 Å². The molecular weight excluding hydrogens is 304 g/mol. The molecule has 0 spiro atoms. The summed E-state index contributed by atoms with van der Waals surface area (Å²) in [7, 11) is 0. The first-order valence-electron chi connectivity index (χ1n) is 7.18. The summed E-state index contributed by atoms with van der Waals surface area (Å²) in [5.41, 5.74) is 0.426. The van der Waals surface area contributed by atoms with Crippen LogP contribution in [0.1, 0.15) is 33.6 Å². The van der Waals surface area contributed by atoms with Crippen molar-refractivity contribution in [2.75, 3.05) is 19.7 Å². The predicted molar refractivity (Wildman–Crippen MR) is 75.2 cm³/mol. The van der Waals surface area contributed by atoms with E-state index < -0.39 is 23.9 Å². The third-order valence-electron chi connectivity index (χ3n) is 3.60. The third kappa shape index (κ3) is 2.87. The number of amides is 3. The fourth-order valence-corrected chi connectivity index (χ4v) is 2.44. The van der Waals surface area contributed by atoms with Crippen LogP contribution in [-0.4, -0.2) is 53.5 Å². The second kappa shape index (κ2) is 6.07. The molecule has 0 unspecified atom stereocenters. The second-order valence-corrected chi connectivity index (χ2v) is 5.12. The highest BCUT2D eigenvalue weighted by molar-refractivity contribution is 6.20. The molecule has 2 aliphatic heterocycles. The lowest BCUT2D eigenvalue weighted by Gasteiger charge is -2.14. The number of benzene rings is 1. The summed E-state index contributed by atoms with van der Waals surface area (Å²) < 4.78 is 4.77. The molecule has 0 saturated carbocycles. The van der Waals surface area contributed by atoms with Gasteiger partial charge in [0.05, 0.1) is 17.7 Å². The number of imide groups is 1. The molecule has 1 fully saturated rings. The lowest BCUT2D eigenvalue weighted by Crippen LogP contribution is -2.33. The maximum atomic E-state index is 12.0. The first-order valence-corrected chi connectivity index (χ1v) is 7.18. The van der Waals surface area contributed by atoms with E-state index in [9.17, 15) is 19.2 Å². The van der Waals surface area contributed by atoms with Crippen LogP contribution >= 0.6 is 0 Å². The summed E-state index contributed by atoms with van der Waals surface area (Å²) in [6.45, 7) is 1.20. The van der Waals surface area contributed by atoms with Gasteiger partial charge in [0.2, 0.25) is 0 Å². The Hall–Kier alpha value is -2.90. The van der Waals surface area contributed by atoms with Crippen molar-refractivity contribution in [2.45, 2.75) is 12.8 Å². The van der Waals surface area contributed by atoms with Crippen molar-refractivity contribution in [3.05, 3.63) is 35.4 Å². The standard InChI is InChI=1S/C15H14N2O6/c18-12(6-3-7-16-8-9-22-15(16)21)23-17-13(19)10-4-1-2-5-11(10)14(17)20/h1-2,4-5H,3,6-9H2. The Morgan fingerprint density at radius 2 is 1.78 bits per heavy atom. The molecule has 0 aliphatic carbocycles. The first kappa shape index (κ1) is 15.0. The van der Waals surface area contributed by atoms with Crippen LogP contribution < -0.4 is 0 Å². The summed E-state index contributed by atoms with van der Waals surface area (Å²) >= 11 is 0. The van der Waals surface area contributed by atoms with Crippen LogP contribution in [0.25, 0.3) is 0 Å². The van der Waals surface area contributed by atoms with Crippen molar-refractivity contribution in [3.8, 4) is 0 Å². The molecule has 1 aromatic rings. The zero-order valence-electron chi connectivity index (χ0n) is 12.2. The molecule has 3 amide bonds. The van der Waals surface area contributed by atoms with E-state index in [0.29, 0.717) is 31.2 Å². The number of ether oxygens (including phenoxy) is 1. The van der Waals surface area contributed by atoms with E-state index in [0.717, 1.165) is 0 Å². The monoisotopic (exact) mass is 318 g/mol. The van der Waals surface area contributed by atoms with Crippen LogP contribution in [0, 0.1) is 0 Å². The summed E-state index contributed by atoms with van der Waals surface area (Å²) in [6.07, 6.45) is -0.0624. The van der Waals surface area contributed by atoms with Crippen LogP contribution in [0.2, 0.25) is 0 Å². The summed E-state index contributed by atoms with van der Waals surface area (Å²) in [5.74, 6) is -2.00. The van der Waals surface area contributed by atoms with Gasteiger partial charge in [-0.25, -0.2) is 9.59 Å². The molecule has 120 valence electrons. The molecule has 0 radical (unpaired) electrons. The van der Waals surface area contributed by atoms with Crippen molar-refractivity contribution in [1.29, 1.82) is 0 Å². The van der Waals surface area contributed by atoms with E-state index >= 15 is 0 Å². The fourth-order valence-electron chi connectivity index (χ4n) is 2.44. The molecule has 2 heterocycles. The minimum Gasteiger partial charge on any atom is -0.448 e. The minimum absolute atomic E-state index is 0.0167. The molecule has 23 heavy (non-hydrogen) atoms. The lowest BCUT2D eigenvalue weighted by atomic mass is 10.1. The van der Waals surface area contributed by atoms with Gasteiger partial charge in [-0.15, -0.1) is 0 Å². The highest BCUT2D eigenvalue weighted by atomic mass is 16.7. The molecule has 0 aromatic heterocycles. The van der Waals surface area contributed by atoms with Crippen LogP contribution in [-0.2, 0) is 14.4 Å². The molecule has 1 saturated heterocycles. The maximum Gasteiger partial charge on any atom is 0.409 e. The highest BCUT2D eigenvalue weighted by Crippen LogP contribution is 2.22. The quantitative estimate of drug-likeness (QED) is 0.751. The van der Waals surface area contributed by atoms with E-state index in [4.69, 9.17) is 9.57 Å². The summed E-state index contributed by atoms with van der Waals surface area (Å²) in [4.78, 5) is 53.4. The number of fused-ring (bicyclic) bond motifs is 1. The van der Waals surface area contributed by atoms with Crippen LogP contribution in [0.4, 0.5) is 4.79 Å². The fraction of sp³-hybridized carbons (Fsp3) is 0.333. The van der Waals surface area contributed by atoms with Gasteiger partial charge in [0.1, 0.15) is 6.61 Å². The van der Waals surface area contributed by atoms with Gasteiger partial charge in [-0.2, -0.15) is 0 Å². The van der Waals surface area contributed by atoms with E-state index in [1.165, 1.54) is 17.0 Å². The second-order valence-electron chi connectivity index (χ2n) is 5.12. The molecule has 2 aliphatic rings. The average molecular weight is 318 g/mol. The predicted octanol–water partition coefficient (Wildman–Crippen LogP) is 0.973. The number of cyclic esters (lactones) is 1. The van der Waals surface area contributed by atoms with E-state index in [1.54, 1.807) is 12.1 Å². The molecule has 1 aromatic carbocycles. The SMILES string of the molecule is O=C(CCCN1CCOC1=O)ON1C(=O)c2ccccc2C1=O. The molecule has 0 bridgehead atoms. The largest absolute Gasteiger partial charge is 0.448 e. The van der Waals surface area contributed by atoms with E-state index in [-0.39, 0.29) is 17.5 Å². The van der Waals surface area contributed by atoms with Crippen molar-refractivity contribution in [3.63, 3.8) is 0 Å². The number of carbonyl (C=O) groups is 4. The average Bonchev–Trinajstić information content (AvgIpc) is 3.05. The van der Waals surface area contributed by atoms with Gasteiger partial charge in [-0.3, -0.25) is 9.59 Å². The van der Waals surface area contributed by atoms with Gasteiger partial charge in [0.25, 0.3) is 11.8 Å². The zero-order chi connectivity index (χ0) is 16.4. The van der Waals surface area contributed by atoms with Crippen LogP contribution in [0.15, 0.2) is 24.3 Å². The van der Waals surface area contributed by atoms with Gasteiger partial charge in [0, 0.05) is 13.0 Å². The van der Waals surface area contributed by atoms with Crippen molar-refractivity contribution in [1.82, 2.24) is 9.96 Å². The van der Waals surface area contributed by atoms with Gasteiger partial charge >= 0.3 is 12.1 Å². The molecular formula is C15H14N2O6. The normalized spacial score (nSPS) is 16.6. The van der Waals surface area contributed by atoms with Gasteiger partial charge in [-0.1, -0.05) is 17.2 Å². The molecule has 0 N–H and O–H groups in total. The number of hydrogen-bond donors (Lipinski definition) is 0. The number of rotatable bonds is 5. The Kier molecular flexibility index (Phi) is 3.96. The highest BCUT2D eigenvalue weighted by Gasteiger charge is 2.38. The van der Waals surface area contributed by atoms with Gasteiger partial charge in [-0.05, 0) is 18.6 Å². The zero-order valence-corrected chi connectivity index (χ0v) is 12.2. The summed E-state index contributed by atoms with van der Waals surface area (Å²) in [5, 5.41) is 0.483. The lowest BCUT2D eigenvalue weighted by molar-refractivity contribution is -0.168. The van der Waals surface area contributed by atoms with Gasteiger partial charge < -0.3 is 14.5 Å². The Morgan fingerprint density at radius 3 is 2.35 bits per heavy atom. The van der Waals surface area contributed by atoms with Crippen molar-refractivity contribution >= 4 is 23.9 Å². The number of hydroxylamine groups is 2. The Morgan fingerprint density at radius 1 is 1.13 bits per heavy atom. The Bertz CT molecular complexity index is 651. The number of carbonyl (C=O) groups excluding carboxylic acids is 4. The minimum atomic E-state index is -0.702. The summed E-state index contributed by atoms with van der Waals surface area (Å²) in [6, 6.07) is 6.26. The molecule has 3 rings (SSSR count). The van der Waals surface area contributed by atoms with Crippen LogP contribution in [0.5, 0.6) is 0 Å². The Balaban J connectivity index is 1.52. The first-order chi connectivity index (χ1) is 11.1. The number of hydrogen-bond acceptors (Lipinski definition) is 6. The maximum absolute atomic E-state index is 12.0. The van der Waals surface area contributed by atoms with Crippen LogP contribution in [0.3, 0.4) is 0 Å².